The summed E-state index contributed by atoms with van der Waals surface area (Å²) in [5.74, 6) is 0.286. The maximum absolute atomic E-state index is 12.0. The SMILES string of the molecule is COC(=O)Cc1cc(-c2ccccc2CNC(=O)OC(C)(C)C)ccc1OC. The Hall–Kier alpha value is -3.02. The molecular formula is C22H27NO5. The lowest BCUT2D eigenvalue weighted by atomic mass is 9.96. The molecule has 0 aromatic heterocycles. The van der Waals surface area contributed by atoms with Gasteiger partial charge in [0.2, 0.25) is 0 Å². The molecule has 0 aliphatic rings. The average molecular weight is 385 g/mol. The summed E-state index contributed by atoms with van der Waals surface area (Å²) in [5.41, 5.74) is 2.99. The maximum atomic E-state index is 12.0. The first-order valence-corrected chi connectivity index (χ1v) is 9.02. The summed E-state index contributed by atoms with van der Waals surface area (Å²) >= 11 is 0. The minimum Gasteiger partial charge on any atom is -0.496 e. The molecule has 28 heavy (non-hydrogen) atoms. The predicted octanol–water partition coefficient (Wildman–Crippen LogP) is 4.10. The number of benzene rings is 2. The molecule has 2 aromatic rings. The molecule has 150 valence electrons. The Labute approximate surface area is 165 Å². The van der Waals surface area contributed by atoms with E-state index in [-0.39, 0.29) is 12.4 Å². The van der Waals surface area contributed by atoms with Crippen LogP contribution in [0.3, 0.4) is 0 Å². The molecule has 6 nitrogen and oxygen atoms in total. The van der Waals surface area contributed by atoms with Gasteiger partial charge < -0.3 is 19.5 Å². The summed E-state index contributed by atoms with van der Waals surface area (Å²) in [4.78, 5) is 23.7. The van der Waals surface area contributed by atoms with Crippen LogP contribution in [0.4, 0.5) is 4.79 Å². The molecule has 0 spiro atoms. The number of carbonyl (C=O) groups is 2. The molecule has 0 atom stereocenters. The van der Waals surface area contributed by atoms with Crippen molar-refractivity contribution in [3.8, 4) is 16.9 Å². The Bertz CT molecular complexity index is 839. The topological polar surface area (TPSA) is 73.9 Å². The van der Waals surface area contributed by atoms with E-state index in [1.54, 1.807) is 7.11 Å². The fraction of sp³-hybridized carbons (Fsp3) is 0.364. The summed E-state index contributed by atoms with van der Waals surface area (Å²) in [5, 5.41) is 2.78. The van der Waals surface area contributed by atoms with E-state index >= 15 is 0 Å². The van der Waals surface area contributed by atoms with Crippen LogP contribution >= 0.6 is 0 Å². The van der Waals surface area contributed by atoms with Crippen molar-refractivity contribution in [2.24, 2.45) is 0 Å². The largest absolute Gasteiger partial charge is 0.496 e. The number of amides is 1. The summed E-state index contributed by atoms with van der Waals surface area (Å²) < 4.78 is 15.4. The van der Waals surface area contributed by atoms with Gasteiger partial charge in [-0.05, 0) is 49.6 Å². The van der Waals surface area contributed by atoms with Crippen molar-refractivity contribution in [3.63, 3.8) is 0 Å². The number of methoxy groups -OCH3 is 2. The van der Waals surface area contributed by atoms with E-state index in [9.17, 15) is 9.59 Å². The molecular weight excluding hydrogens is 358 g/mol. The standard InChI is InChI=1S/C22H27NO5/c1-22(2,3)28-21(25)23-14-16-8-6-7-9-18(16)15-10-11-19(26-4)17(12-15)13-20(24)27-5/h6-12H,13-14H2,1-5H3,(H,23,25). The highest BCUT2D eigenvalue weighted by Crippen LogP contribution is 2.29. The summed E-state index contributed by atoms with van der Waals surface area (Å²) in [6.45, 7) is 5.78. The molecule has 2 rings (SSSR count). The zero-order valence-corrected chi connectivity index (χ0v) is 17.0. The summed E-state index contributed by atoms with van der Waals surface area (Å²) in [6.07, 6.45) is -0.352. The number of ether oxygens (including phenoxy) is 3. The van der Waals surface area contributed by atoms with Crippen molar-refractivity contribution in [1.82, 2.24) is 5.32 Å². The zero-order chi connectivity index (χ0) is 20.7. The molecule has 0 unspecified atom stereocenters. The first-order chi connectivity index (χ1) is 13.2. The van der Waals surface area contributed by atoms with Crippen LogP contribution in [-0.4, -0.2) is 31.9 Å². The number of carbonyl (C=O) groups excluding carboxylic acids is 2. The highest BCUT2D eigenvalue weighted by Gasteiger charge is 2.17. The number of hydrogen-bond acceptors (Lipinski definition) is 5. The Kier molecular flexibility index (Phi) is 7.04. The van der Waals surface area contributed by atoms with Crippen LogP contribution in [0.25, 0.3) is 11.1 Å². The minimum absolute atomic E-state index is 0.117. The minimum atomic E-state index is -0.553. The quantitative estimate of drug-likeness (QED) is 0.758. The smallest absolute Gasteiger partial charge is 0.407 e. The average Bonchev–Trinajstić information content (AvgIpc) is 2.65. The fourth-order valence-corrected chi connectivity index (χ4v) is 2.75. The Morgan fingerprint density at radius 3 is 2.36 bits per heavy atom. The van der Waals surface area contributed by atoms with Crippen LogP contribution < -0.4 is 10.1 Å². The van der Waals surface area contributed by atoms with Gasteiger partial charge in [0.25, 0.3) is 0 Å². The third kappa shape index (κ3) is 6.01. The van der Waals surface area contributed by atoms with Gasteiger partial charge in [-0.25, -0.2) is 4.79 Å². The number of esters is 1. The van der Waals surface area contributed by atoms with E-state index < -0.39 is 11.7 Å². The van der Waals surface area contributed by atoms with Gasteiger partial charge in [0.15, 0.2) is 0 Å². The first kappa shape index (κ1) is 21.3. The third-order valence-corrected chi connectivity index (χ3v) is 3.99. The van der Waals surface area contributed by atoms with Crippen LogP contribution in [0.5, 0.6) is 5.75 Å². The second-order valence-electron chi connectivity index (χ2n) is 7.29. The van der Waals surface area contributed by atoms with Gasteiger partial charge in [0.05, 0.1) is 20.6 Å². The van der Waals surface area contributed by atoms with E-state index in [0.29, 0.717) is 12.3 Å². The Morgan fingerprint density at radius 1 is 1.00 bits per heavy atom. The van der Waals surface area contributed by atoms with Gasteiger partial charge in [-0.15, -0.1) is 0 Å². The second kappa shape index (κ2) is 9.26. The van der Waals surface area contributed by atoms with E-state index in [0.717, 1.165) is 22.3 Å². The van der Waals surface area contributed by atoms with Gasteiger partial charge in [-0.3, -0.25) is 4.79 Å². The lowest BCUT2D eigenvalue weighted by Gasteiger charge is -2.20. The predicted molar refractivity (Wildman–Crippen MR) is 107 cm³/mol. The molecule has 2 aromatic carbocycles. The molecule has 0 saturated heterocycles. The molecule has 0 radical (unpaired) electrons. The molecule has 6 heteroatoms. The van der Waals surface area contributed by atoms with E-state index in [4.69, 9.17) is 14.2 Å². The molecule has 1 N–H and O–H groups in total. The zero-order valence-electron chi connectivity index (χ0n) is 17.0. The number of hydrogen-bond donors (Lipinski definition) is 1. The van der Waals surface area contributed by atoms with Gasteiger partial charge in [0.1, 0.15) is 11.4 Å². The lowest BCUT2D eigenvalue weighted by molar-refractivity contribution is -0.139. The maximum Gasteiger partial charge on any atom is 0.407 e. The van der Waals surface area contributed by atoms with E-state index in [2.05, 4.69) is 5.32 Å². The Balaban J connectivity index is 2.27. The van der Waals surface area contributed by atoms with Crippen molar-refractivity contribution in [2.45, 2.75) is 39.3 Å². The van der Waals surface area contributed by atoms with Gasteiger partial charge in [0, 0.05) is 12.1 Å². The molecule has 0 aliphatic heterocycles. The van der Waals surface area contributed by atoms with Crippen molar-refractivity contribution < 1.29 is 23.8 Å². The summed E-state index contributed by atoms with van der Waals surface area (Å²) in [6, 6.07) is 13.4. The number of alkyl carbamates (subject to hydrolysis) is 1. The van der Waals surface area contributed by atoms with Gasteiger partial charge in [-0.1, -0.05) is 30.3 Å². The second-order valence-corrected chi connectivity index (χ2v) is 7.29. The molecule has 0 heterocycles. The van der Waals surface area contributed by atoms with Gasteiger partial charge >= 0.3 is 12.1 Å². The highest BCUT2D eigenvalue weighted by atomic mass is 16.6. The van der Waals surface area contributed by atoms with Crippen molar-refractivity contribution >= 4 is 12.1 Å². The summed E-state index contributed by atoms with van der Waals surface area (Å²) in [7, 11) is 2.92. The van der Waals surface area contributed by atoms with E-state index in [1.807, 2.05) is 63.2 Å². The van der Waals surface area contributed by atoms with Gasteiger partial charge in [-0.2, -0.15) is 0 Å². The van der Waals surface area contributed by atoms with Crippen LogP contribution in [0.2, 0.25) is 0 Å². The van der Waals surface area contributed by atoms with Crippen LogP contribution in [-0.2, 0) is 27.2 Å². The highest BCUT2D eigenvalue weighted by molar-refractivity contribution is 5.76. The number of rotatable bonds is 6. The van der Waals surface area contributed by atoms with Crippen molar-refractivity contribution in [3.05, 3.63) is 53.6 Å². The third-order valence-electron chi connectivity index (χ3n) is 3.99. The van der Waals surface area contributed by atoms with Crippen molar-refractivity contribution in [1.29, 1.82) is 0 Å². The van der Waals surface area contributed by atoms with Crippen LogP contribution in [0, 0.1) is 0 Å². The molecule has 0 aliphatic carbocycles. The van der Waals surface area contributed by atoms with Crippen LogP contribution in [0.15, 0.2) is 42.5 Å². The monoisotopic (exact) mass is 385 g/mol. The lowest BCUT2D eigenvalue weighted by Crippen LogP contribution is -2.32. The molecule has 0 fully saturated rings. The fourth-order valence-electron chi connectivity index (χ4n) is 2.75. The molecule has 0 saturated carbocycles. The Morgan fingerprint density at radius 2 is 1.71 bits per heavy atom. The normalized spacial score (nSPS) is 10.9. The van der Waals surface area contributed by atoms with Crippen LogP contribution in [0.1, 0.15) is 31.9 Å². The van der Waals surface area contributed by atoms with E-state index in [1.165, 1.54) is 7.11 Å². The van der Waals surface area contributed by atoms with Crippen molar-refractivity contribution in [2.75, 3.05) is 14.2 Å². The molecule has 0 bridgehead atoms. The first-order valence-electron chi connectivity index (χ1n) is 9.02. The molecule has 1 amide bonds. The number of nitrogens with one attached hydrogen (secondary N) is 1.